The Balaban J connectivity index is 2.54. The molecule has 84 valence electrons. The maximum Gasteiger partial charge on any atom is 0.310 e. The topological polar surface area (TPSA) is 51.5 Å². The van der Waals surface area contributed by atoms with Gasteiger partial charge in [0, 0.05) is 6.42 Å². The van der Waals surface area contributed by atoms with Crippen molar-refractivity contribution in [3.63, 3.8) is 0 Å². The first-order valence-electron chi connectivity index (χ1n) is 4.99. The summed E-state index contributed by atoms with van der Waals surface area (Å²) < 4.78 is 5.27. The van der Waals surface area contributed by atoms with Gasteiger partial charge < -0.3 is 4.42 Å². The van der Waals surface area contributed by atoms with Crippen molar-refractivity contribution in [2.75, 3.05) is 0 Å². The Bertz CT molecular complexity index is 336. The normalized spacial score (nSPS) is 11.5. The summed E-state index contributed by atoms with van der Waals surface area (Å²) in [6.07, 6.45) is 0.771. The van der Waals surface area contributed by atoms with Crippen LogP contribution in [-0.4, -0.2) is 11.5 Å². The third-order valence-corrected chi connectivity index (χ3v) is 1.68. The summed E-state index contributed by atoms with van der Waals surface area (Å²) in [6, 6.07) is 3.42. The molecule has 1 heterocycles. The summed E-state index contributed by atoms with van der Waals surface area (Å²) in [6.45, 7) is 7.53. The van der Waals surface area contributed by atoms with E-state index in [0.717, 1.165) is 12.2 Å². The number of nitrogens with one attached hydrogen (secondary N) is 1. The fourth-order valence-electron chi connectivity index (χ4n) is 0.940. The standard InChI is InChI=1S/C11H17NO3/c1-5-8-6-7-9(14-8)10(13)12-15-11(2,3)4/h6-7H,5H2,1-4H3,(H,12,13). The van der Waals surface area contributed by atoms with Gasteiger partial charge in [0.05, 0.1) is 5.60 Å². The minimum Gasteiger partial charge on any atom is -0.456 e. The number of hydrogen-bond acceptors (Lipinski definition) is 3. The lowest BCUT2D eigenvalue weighted by Crippen LogP contribution is -2.33. The van der Waals surface area contributed by atoms with Crippen molar-refractivity contribution in [2.24, 2.45) is 0 Å². The molecule has 1 aromatic rings. The number of carbonyl (C=O) groups is 1. The highest BCUT2D eigenvalue weighted by molar-refractivity contribution is 5.90. The lowest BCUT2D eigenvalue weighted by Gasteiger charge is -2.18. The SMILES string of the molecule is CCc1ccc(C(=O)NOC(C)(C)C)o1. The number of rotatable bonds is 3. The number of carbonyl (C=O) groups excluding carboxylic acids is 1. The average Bonchev–Trinajstić information content (AvgIpc) is 2.61. The molecule has 0 radical (unpaired) electrons. The maximum atomic E-state index is 11.5. The fraction of sp³-hybridized carbons (Fsp3) is 0.545. The van der Waals surface area contributed by atoms with Crippen LogP contribution in [0, 0.1) is 0 Å². The highest BCUT2D eigenvalue weighted by Gasteiger charge is 2.15. The predicted octanol–water partition coefficient (Wildman–Crippen LogP) is 2.30. The van der Waals surface area contributed by atoms with Gasteiger partial charge in [0.2, 0.25) is 0 Å². The zero-order valence-electron chi connectivity index (χ0n) is 9.59. The number of furan rings is 1. The molecule has 0 saturated carbocycles. The molecular formula is C11H17NO3. The van der Waals surface area contributed by atoms with Crippen LogP contribution in [0.15, 0.2) is 16.5 Å². The highest BCUT2D eigenvalue weighted by atomic mass is 16.7. The number of aryl methyl sites for hydroxylation is 1. The zero-order valence-corrected chi connectivity index (χ0v) is 9.59. The van der Waals surface area contributed by atoms with Crippen LogP contribution in [0.1, 0.15) is 44.0 Å². The first-order chi connectivity index (χ1) is 6.92. The van der Waals surface area contributed by atoms with Gasteiger partial charge in [-0.15, -0.1) is 0 Å². The number of amides is 1. The van der Waals surface area contributed by atoms with Gasteiger partial charge in [-0.1, -0.05) is 6.92 Å². The van der Waals surface area contributed by atoms with E-state index in [1.165, 1.54) is 0 Å². The number of hydroxylamine groups is 1. The van der Waals surface area contributed by atoms with E-state index in [1.807, 2.05) is 27.7 Å². The van der Waals surface area contributed by atoms with Gasteiger partial charge in [0.1, 0.15) is 5.76 Å². The molecule has 4 nitrogen and oxygen atoms in total. The minimum atomic E-state index is -0.407. The third kappa shape index (κ3) is 3.75. The summed E-state index contributed by atoms with van der Waals surface area (Å²) in [7, 11) is 0. The lowest BCUT2D eigenvalue weighted by molar-refractivity contribution is -0.0598. The zero-order chi connectivity index (χ0) is 11.5. The predicted molar refractivity (Wildman–Crippen MR) is 56.4 cm³/mol. The molecular weight excluding hydrogens is 194 g/mol. The summed E-state index contributed by atoms with van der Waals surface area (Å²) in [5.74, 6) is 0.705. The summed E-state index contributed by atoms with van der Waals surface area (Å²) in [4.78, 5) is 16.6. The summed E-state index contributed by atoms with van der Waals surface area (Å²) in [5, 5.41) is 0. The molecule has 0 atom stereocenters. The van der Waals surface area contributed by atoms with Crippen molar-refractivity contribution in [2.45, 2.75) is 39.7 Å². The van der Waals surface area contributed by atoms with Crippen molar-refractivity contribution < 1.29 is 14.0 Å². The quantitative estimate of drug-likeness (QED) is 0.780. The molecule has 1 N–H and O–H groups in total. The van der Waals surface area contributed by atoms with Crippen molar-refractivity contribution in [1.29, 1.82) is 0 Å². The van der Waals surface area contributed by atoms with Gasteiger partial charge in [0.15, 0.2) is 5.76 Å². The van der Waals surface area contributed by atoms with Gasteiger partial charge >= 0.3 is 5.91 Å². The Hall–Kier alpha value is -1.29. The largest absolute Gasteiger partial charge is 0.456 e. The van der Waals surface area contributed by atoms with Crippen LogP contribution in [0.25, 0.3) is 0 Å². The first-order valence-corrected chi connectivity index (χ1v) is 4.99. The van der Waals surface area contributed by atoms with Crippen LogP contribution < -0.4 is 5.48 Å². The molecule has 0 aliphatic heterocycles. The Morgan fingerprint density at radius 1 is 1.47 bits per heavy atom. The maximum absolute atomic E-state index is 11.5. The van der Waals surface area contributed by atoms with E-state index >= 15 is 0 Å². The first kappa shape index (κ1) is 11.8. The van der Waals surface area contributed by atoms with E-state index in [2.05, 4.69) is 5.48 Å². The van der Waals surface area contributed by atoms with Crippen molar-refractivity contribution >= 4 is 5.91 Å². The smallest absolute Gasteiger partial charge is 0.310 e. The van der Waals surface area contributed by atoms with E-state index < -0.39 is 5.60 Å². The Labute approximate surface area is 89.6 Å². The van der Waals surface area contributed by atoms with Gasteiger partial charge in [0.25, 0.3) is 0 Å². The van der Waals surface area contributed by atoms with Crippen LogP contribution in [0.5, 0.6) is 0 Å². The average molecular weight is 211 g/mol. The van der Waals surface area contributed by atoms with E-state index in [-0.39, 0.29) is 11.7 Å². The Morgan fingerprint density at radius 2 is 2.13 bits per heavy atom. The molecule has 0 aliphatic rings. The Morgan fingerprint density at radius 3 is 2.60 bits per heavy atom. The van der Waals surface area contributed by atoms with Crippen LogP contribution in [-0.2, 0) is 11.3 Å². The van der Waals surface area contributed by atoms with Gasteiger partial charge in [-0.2, -0.15) is 0 Å². The van der Waals surface area contributed by atoms with Crippen LogP contribution in [0.3, 0.4) is 0 Å². The van der Waals surface area contributed by atoms with Crippen LogP contribution >= 0.6 is 0 Å². The molecule has 1 aromatic heterocycles. The molecule has 4 heteroatoms. The van der Waals surface area contributed by atoms with E-state index in [4.69, 9.17) is 9.25 Å². The van der Waals surface area contributed by atoms with Crippen molar-refractivity contribution in [3.8, 4) is 0 Å². The second-order valence-electron chi connectivity index (χ2n) is 4.27. The molecule has 0 unspecified atom stereocenters. The fourth-order valence-corrected chi connectivity index (χ4v) is 0.940. The van der Waals surface area contributed by atoms with Gasteiger partial charge in [-0.3, -0.25) is 9.63 Å². The summed E-state index contributed by atoms with van der Waals surface area (Å²) in [5.41, 5.74) is 1.94. The molecule has 1 amide bonds. The molecule has 1 rings (SSSR count). The van der Waals surface area contributed by atoms with Gasteiger partial charge in [-0.05, 0) is 32.9 Å². The molecule has 0 aliphatic carbocycles. The second-order valence-corrected chi connectivity index (χ2v) is 4.27. The molecule has 0 saturated heterocycles. The number of hydrogen-bond donors (Lipinski definition) is 1. The molecule has 0 spiro atoms. The molecule has 0 fully saturated rings. The van der Waals surface area contributed by atoms with Crippen molar-refractivity contribution in [1.82, 2.24) is 5.48 Å². The van der Waals surface area contributed by atoms with Crippen LogP contribution in [0.4, 0.5) is 0 Å². The highest BCUT2D eigenvalue weighted by Crippen LogP contribution is 2.09. The summed E-state index contributed by atoms with van der Waals surface area (Å²) >= 11 is 0. The monoisotopic (exact) mass is 211 g/mol. The van der Waals surface area contributed by atoms with E-state index in [9.17, 15) is 4.79 Å². The lowest BCUT2D eigenvalue weighted by atomic mass is 10.2. The molecule has 0 aromatic carbocycles. The Kier molecular flexibility index (Phi) is 3.52. The van der Waals surface area contributed by atoms with E-state index in [0.29, 0.717) is 0 Å². The van der Waals surface area contributed by atoms with Crippen molar-refractivity contribution in [3.05, 3.63) is 23.7 Å². The van der Waals surface area contributed by atoms with Gasteiger partial charge in [-0.25, -0.2) is 5.48 Å². The molecule has 15 heavy (non-hydrogen) atoms. The van der Waals surface area contributed by atoms with E-state index in [1.54, 1.807) is 12.1 Å². The second kappa shape index (κ2) is 4.49. The van der Waals surface area contributed by atoms with Crippen LogP contribution in [0.2, 0.25) is 0 Å². The minimum absolute atomic E-state index is 0.274. The third-order valence-electron chi connectivity index (χ3n) is 1.68. The molecule has 0 bridgehead atoms.